The summed E-state index contributed by atoms with van der Waals surface area (Å²) in [5, 5.41) is 30.3. The van der Waals surface area contributed by atoms with Gasteiger partial charge in [-0.2, -0.15) is 10.5 Å². The minimum absolute atomic E-state index is 0.386. The van der Waals surface area contributed by atoms with Gasteiger partial charge in [0.05, 0.1) is 16.7 Å². The van der Waals surface area contributed by atoms with Gasteiger partial charge in [0.25, 0.3) is 0 Å². The average molecular weight is 956 g/mol. The van der Waals surface area contributed by atoms with Gasteiger partial charge in [0.15, 0.2) is 0 Å². The van der Waals surface area contributed by atoms with Crippen molar-refractivity contribution in [2.75, 3.05) is 40.9 Å². The van der Waals surface area contributed by atoms with Gasteiger partial charge in [-0.3, -0.25) is 0 Å². The Morgan fingerprint density at radius 3 is 1.39 bits per heavy atom. The van der Waals surface area contributed by atoms with Crippen LogP contribution in [-0.2, 0) is 4.79 Å². The smallest absolute Gasteiger partial charge is 0.346 e. The Kier molecular flexibility index (Phi) is 15.0. The van der Waals surface area contributed by atoms with Gasteiger partial charge >= 0.3 is 17.2 Å². The molecular weight excluding hydrogens is 907 g/mol. The van der Waals surface area contributed by atoms with Crippen LogP contribution in [0, 0.1) is 22.7 Å². The van der Waals surface area contributed by atoms with Gasteiger partial charge < -0.3 is 28.6 Å². The molecule has 0 bridgehead atoms. The highest BCUT2D eigenvalue weighted by Crippen LogP contribution is 2.36. The molecule has 0 saturated carbocycles. The highest BCUT2D eigenvalue weighted by atomic mass is 32.1. The molecule has 0 saturated heterocycles. The molecule has 0 spiro atoms. The lowest BCUT2D eigenvalue weighted by Crippen LogP contribution is -2.21. The third-order valence-corrected chi connectivity index (χ3v) is 13.1. The van der Waals surface area contributed by atoms with Crippen LogP contribution >= 0.6 is 11.3 Å². The standard InChI is InChI=1S/C59H49N5O6S/c1-5-62(6-2)51-27-19-42-32-44(58(67)69-54(42)35-51)17-9-39-11-21-48(22-12-39)64(50-25-15-41(16-26-50)31-46(37-60)56-30-29-53(71-56)34-47(38-61)57(65)66)49-23-13-40(14-24-49)10-18-45-33-43-20-28-52(63(7-3)8-4)36-55(43)70-59(45)68/h9-36H,5-8H2,1-4H3,(H,65,66)/b17-9+,18-10+,46-31+,47-34+. The van der Waals surface area contributed by atoms with Gasteiger partial charge in [-0.15, -0.1) is 11.3 Å². The zero-order valence-corrected chi connectivity index (χ0v) is 40.4. The molecule has 3 heterocycles. The Labute approximate surface area is 415 Å². The number of anilines is 5. The summed E-state index contributed by atoms with van der Waals surface area (Å²) in [4.78, 5) is 45.3. The van der Waals surface area contributed by atoms with Crippen molar-refractivity contribution in [3.63, 3.8) is 0 Å². The SMILES string of the molecule is CCN(CC)c1ccc2cc(/C=C/c3ccc(N(c4ccc(/C=C/c5cc6ccc(N(CC)CC)cc6oc5=O)cc4)c4ccc(/C=C(\C#N)c5ccc(/C=C(\C#N)C(=O)O)s5)cc4)cc3)c(=O)oc2c1. The Bertz CT molecular complexity index is 3420. The van der Waals surface area contributed by atoms with Gasteiger partial charge in [-0.25, -0.2) is 14.4 Å². The molecular formula is C59H49N5O6S. The van der Waals surface area contributed by atoms with Crippen molar-refractivity contribution in [1.82, 2.24) is 0 Å². The van der Waals surface area contributed by atoms with Gasteiger partial charge in [0.1, 0.15) is 28.9 Å². The summed E-state index contributed by atoms with van der Waals surface area (Å²) in [6.07, 6.45) is 10.3. The van der Waals surface area contributed by atoms with Gasteiger partial charge in [-0.05, 0) is 154 Å². The monoisotopic (exact) mass is 955 g/mol. The molecule has 0 aliphatic carbocycles. The van der Waals surface area contributed by atoms with E-state index in [4.69, 9.17) is 8.83 Å². The number of hydrogen-bond acceptors (Lipinski definition) is 11. The van der Waals surface area contributed by atoms with Gasteiger partial charge in [0, 0.05) is 87.3 Å². The van der Waals surface area contributed by atoms with E-state index in [1.165, 1.54) is 17.4 Å². The number of nitriles is 2. The minimum atomic E-state index is -1.32. The predicted octanol–water partition coefficient (Wildman–Crippen LogP) is 13.5. The zero-order chi connectivity index (χ0) is 50.0. The molecule has 0 atom stereocenters. The molecule has 0 aliphatic rings. The molecule has 12 heteroatoms. The van der Waals surface area contributed by atoms with Crippen LogP contribution in [0.25, 0.3) is 64.0 Å². The van der Waals surface area contributed by atoms with Crippen LogP contribution in [0.15, 0.2) is 157 Å². The Balaban J connectivity index is 1.08. The van der Waals surface area contributed by atoms with Crippen molar-refractivity contribution >= 4 is 110 Å². The molecule has 8 aromatic rings. The number of carboxylic acid groups (broad SMARTS) is 1. The van der Waals surface area contributed by atoms with Crippen LogP contribution < -0.4 is 26.0 Å². The molecule has 0 radical (unpaired) electrons. The van der Waals surface area contributed by atoms with Crippen LogP contribution in [0.1, 0.15) is 65.3 Å². The maximum Gasteiger partial charge on any atom is 0.346 e. The first-order chi connectivity index (χ1) is 34.5. The molecule has 1 N–H and O–H groups in total. The van der Waals surface area contributed by atoms with Crippen molar-refractivity contribution < 1.29 is 18.7 Å². The number of fused-ring (bicyclic) bond motifs is 2. The summed E-state index contributed by atoms with van der Waals surface area (Å²) in [6, 6.07) is 46.6. The summed E-state index contributed by atoms with van der Waals surface area (Å²) in [5.74, 6) is -1.32. The van der Waals surface area contributed by atoms with Gasteiger partial charge in [0.2, 0.25) is 0 Å². The van der Waals surface area contributed by atoms with E-state index in [1.807, 2.05) is 133 Å². The fourth-order valence-electron chi connectivity index (χ4n) is 8.23. The van der Waals surface area contributed by atoms with Crippen molar-refractivity contribution in [3.05, 3.63) is 197 Å². The largest absolute Gasteiger partial charge is 0.477 e. The first-order valence-corrected chi connectivity index (χ1v) is 24.0. The van der Waals surface area contributed by atoms with Crippen LogP contribution in [-0.4, -0.2) is 37.3 Å². The lowest BCUT2D eigenvalue weighted by atomic mass is 10.1. The predicted molar refractivity (Wildman–Crippen MR) is 290 cm³/mol. The third kappa shape index (κ3) is 11.2. The zero-order valence-electron chi connectivity index (χ0n) is 39.6. The molecule has 0 aliphatic heterocycles. The van der Waals surface area contributed by atoms with Crippen molar-refractivity contribution in [3.8, 4) is 12.1 Å². The molecule has 0 fully saturated rings. The third-order valence-electron chi connectivity index (χ3n) is 12.1. The highest BCUT2D eigenvalue weighted by Gasteiger charge is 2.15. The number of thiophene rings is 1. The van der Waals surface area contributed by atoms with E-state index in [2.05, 4.69) is 48.5 Å². The molecule has 71 heavy (non-hydrogen) atoms. The normalized spacial score (nSPS) is 11.9. The summed E-state index contributed by atoms with van der Waals surface area (Å²) >= 11 is 1.22. The Hall–Kier alpha value is -8.97. The van der Waals surface area contributed by atoms with Crippen molar-refractivity contribution in [2.45, 2.75) is 27.7 Å². The van der Waals surface area contributed by atoms with E-state index in [0.717, 1.165) is 82.1 Å². The maximum absolute atomic E-state index is 13.1. The minimum Gasteiger partial charge on any atom is -0.477 e. The first kappa shape index (κ1) is 48.5. The molecule has 352 valence electrons. The van der Waals surface area contributed by atoms with Crippen LogP contribution in [0.5, 0.6) is 0 Å². The molecule has 0 amide bonds. The fourth-order valence-corrected chi connectivity index (χ4v) is 9.14. The summed E-state index contributed by atoms with van der Waals surface area (Å²) in [7, 11) is 0. The second-order valence-electron chi connectivity index (χ2n) is 16.4. The molecule has 8 rings (SSSR count). The van der Waals surface area contributed by atoms with Crippen LogP contribution in [0.4, 0.5) is 28.4 Å². The fraction of sp³-hybridized carbons (Fsp3) is 0.136. The number of carbonyl (C=O) groups is 1. The number of hydrogen-bond donors (Lipinski definition) is 1. The van der Waals surface area contributed by atoms with E-state index in [-0.39, 0.29) is 0 Å². The Morgan fingerprint density at radius 2 is 0.986 bits per heavy atom. The van der Waals surface area contributed by atoms with E-state index >= 15 is 0 Å². The second kappa shape index (κ2) is 22.0. The van der Waals surface area contributed by atoms with Crippen molar-refractivity contribution in [2.24, 2.45) is 0 Å². The number of allylic oxidation sites excluding steroid dienone is 1. The maximum atomic E-state index is 13.1. The Morgan fingerprint density at radius 1 is 0.549 bits per heavy atom. The molecule has 0 unspecified atom stereocenters. The number of carboxylic acids is 1. The van der Waals surface area contributed by atoms with E-state index < -0.39 is 22.8 Å². The second-order valence-corrected chi connectivity index (χ2v) is 17.5. The molecule has 11 nitrogen and oxygen atoms in total. The first-order valence-electron chi connectivity index (χ1n) is 23.2. The highest BCUT2D eigenvalue weighted by molar-refractivity contribution is 7.14. The quantitative estimate of drug-likeness (QED) is 0.0527. The lowest BCUT2D eigenvalue weighted by molar-refractivity contribution is -0.132. The average Bonchev–Trinajstić information content (AvgIpc) is 3.86. The van der Waals surface area contributed by atoms with Crippen molar-refractivity contribution in [1.29, 1.82) is 10.5 Å². The van der Waals surface area contributed by atoms with Crippen LogP contribution in [0.3, 0.4) is 0 Å². The topological polar surface area (TPSA) is 155 Å². The van der Waals surface area contributed by atoms with Crippen LogP contribution in [0.2, 0.25) is 0 Å². The number of aliphatic carboxylic acids is 1. The number of nitrogens with zero attached hydrogens (tertiary/aromatic N) is 5. The summed E-state index contributed by atoms with van der Waals surface area (Å²) in [6.45, 7) is 11.7. The number of benzene rings is 5. The van der Waals surface area contributed by atoms with E-state index in [0.29, 0.717) is 37.6 Å². The summed E-state index contributed by atoms with van der Waals surface area (Å²) in [5.41, 5.74) is 8.20. The number of rotatable bonds is 17. The van der Waals surface area contributed by atoms with E-state index in [9.17, 15) is 30.0 Å². The summed E-state index contributed by atoms with van der Waals surface area (Å²) < 4.78 is 11.5. The molecule has 5 aromatic carbocycles. The van der Waals surface area contributed by atoms with E-state index in [1.54, 1.807) is 36.4 Å². The lowest BCUT2D eigenvalue weighted by Gasteiger charge is -2.26. The molecule has 3 aromatic heterocycles. The van der Waals surface area contributed by atoms with Gasteiger partial charge in [-0.1, -0.05) is 48.6 Å².